The van der Waals surface area contributed by atoms with Crippen molar-refractivity contribution >= 4 is 17.0 Å². The summed E-state index contributed by atoms with van der Waals surface area (Å²) in [6, 6.07) is 8.98. The molecule has 96 valence electrons. The summed E-state index contributed by atoms with van der Waals surface area (Å²) >= 11 is 1.68. The van der Waals surface area contributed by atoms with Crippen molar-refractivity contribution in [1.82, 2.24) is 0 Å². The summed E-state index contributed by atoms with van der Waals surface area (Å²) in [4.78, 5) is 3.30. The molecule has 2 rings (SSSR count). The standard InChI is InChI=1S/C14H16FNOS/c1-2-16(9-11-5-4-8-18-11)14-7-3-6-13(15)12(14)10-17/h3-8,17H,2,9-10H2,1H3. The van der Waals surface area contributed by atoms with Gasteiger partial charge in [-0.25, -0.2) is 4.39 Å². The molecule has 0 atom stereocenters. The van der Waals surface area contributed by atoms with Crippen LogP contribution in [-0.4, -0.2) is 11.7 Å². The molecule has 1 aromatic carbocycles. The normalized spacial score (nSPS) is 10.6. The lowest BCUT2D eigenvalue weighted by atomic mass is 10.1. The van der Waals surface area contributed by atoms with Crippen LogP contribution in [0.1, 0.15) is 17.4 Å². The van der Waals surface area contributed by atoms with E-state index in [1.807, 2.05) is 24.4 Å². The van der Waals surface area contributed by atoms with Gasteiger partial charge in [-0.05, 0) is 30.5 Å². The monoisotopic (exact) mass is 265 g/mol. The topological polar surface area (TPSA) is 23.5 Å². The summed E-state index contributed by atoms with van der Waals surface area (Å²) < 4.78 is 13.6. The van der Waals surface area contributed by atoms with Gasteiger partial charge in [-0.15, -0.1) is 11.3 Å². The summed E-state index contributed by atoms with van der Waals surface area (Å²) in [7, 11) is 0. The molecule has 0 spiro atoms. The lowest BCUT2D eigenvalue weighted by Crippen LogP contribution is -2.23. The first-order chi connectivity index (χ1) is 8.76. The Morgan fingerprint density at radius 1 is 1.28 bits per heavy atom. The molecule has 0 aliphatic rings. The van der Waals surface area contributed by atoms with Crippen LogP contribution in [0.2, 0.25) is 0 Å². The predicted molar refractivity (Wildman–Crippen MR) is 73.4 cm³/mol. The van der Waals surface area contributed by atoms with Crippen LogP contribution < -0.4 is 4.90 Å². The third-order valence-electron chi connectivity index (χ3n) is 2.90. The lowest BCUT2D eigenvalue weighted by molar-refractivity contribution is 0.276. The maximum Gasteiger partial charge on any atom is 0.130 e. The summed E-state index contributed by atoms with van der Waals surface area (Å²) in [5, 5.41) is 11.3. The highest BCUT2D eigenvalue weighted by Gasteiger charge is 2.13. The second-order valence-electron chi connectivity index (χ2n) is 3.99. The fraction of sp³-hybridized carbons (Fsp3) is 0.286. The Kier molecular flexibility index (Phi) is 4.33. The molecule has 1 aromatic heterocycles. The molecule has 0 radical (unpaired) electrons. The Morgan fingerprint density at radius 2 is 2.11 bits per heavy atom. The van der Waals surface area contributed by atoms with Gasteiger partial charge in [-0.2, -0.15) is 0 Å². The van der Waals surface area contributed by atoms with E-state index in [-0.39, 0.29) is 12.4 Å². The molecule has 0 unspecified atom stereocenters. The first-order valence-electron chi connectivity index (χ1n) is 5.91. The molecular weight excluding hydrogens is 249 g/mol. The number of hydrogen-bond donors (Lipinski definition) is 1. The van der Waals surface area contributed by atoms with Crippen LogP contribution in [-0.2, 0) is 13.2 Å². The lowest BCUT2D eigenvalue weighted by Gasteiger charge is -2.25. The Hall–Kier alpha value is -1.39. The molecule has 0 saturated carbocycles. The average molecular weight is 265 g/mol. The summed E-state index contributed by atoms with van der Waals surface area (Å²) in [5.41, 5.74) is 1.14. The smallest absolute Gasteiger partial charge is 0.130 e. The van der Waals surface area contributed by atoms with E-state index in [9.17, 15) is 9.50 Å². The van der Waals surface area contributed by atoms with Gasteiger partial charge in [-0.3, -0.25) is 0 Å². The maximum atomic E-state index is 13.6. The summed E-state index contributed by atoms with van der Waals surface area (Å²) in [6.07, 6.45) is 0. The molecule has 0 fully saturated rings. The summed E-state index contributed by atoms with van der Waals surface area (Å²) in [6.45, 7) is 3.27. The molecule has 0 bridgehead atoms. The fourth-order valence-electron chi connectivity index (χ4n) is 1.96. The molecule has 0 amide bonds. The van der Waals surface area contributed by atoms with Crippen molar-refractivity contribution in [2.24, 2.45) is 0 Å². The molecule has 18 heavy (non-hydrogen) atoms. The number of benzene rings is 1. The van der Waals surface area contributed by atoms with E-state index < -0.39 is 0 Å². The largest absolute Gasteiger partial charge is 0.391 e. The summed E-state index contributed by atoms with van der Waals surface area (Å²) in [5.74, 6) is -0.348. The van der Waals surface area contributed by atoms with Crippen LogP contribution in [0.15, 0.2) is 35.7 Å². The second kappa shape index (κ2) is 5.98. The molecular formula is C14H16FNOS. The molecule has 4 heteroatoms. The zero-order chi connectivity index (χ0) is 13.0. The van der Waals surface area contributed by atoms with Gasteiger partial charge in [0.15, 0.2) is 0 Å². The van der Waals surface area contributed by atoms with E-state index >= 15 is 0 Å². The maximum absolute atomic E-state index is 13.6. The van der Waals surface area contributed by atoms with Gasteiger partial charge >= 0.3 is 0 Å². The van der Waals surface area contributed by atoms with Crippen LogP contribution in [0.5, 0.6) is 0 Å². The number of nitrogens with zero attached hydrogens (tertiary/aromatic N) is 1. The average Bonchev–Trinajstić information content (AvgIpc) is 2.88. The highest BCUT2D eigenvalue weighted by Crippen LogP contribution is 2.25. The molecule has 1 N–H and O–H groups in total. The van der Waals surface area contributed by atoms with Crippen molar-refractivity contribution in [1.29, 1.82) is 0 Å². The van der Waals surface area contributed by atoms with Gasteiger partial charge in [0.2, 0.25) is 0 Å². The Balaban J connectivity index is 2.30. The van der Waals surface area contributed by atoms with Gasteiger partial charge in [-0.1, -0.05) is 12.1 Å². The minimum absolute atomic E-state index is 0.275. The van der Waals surface area contributed by atoms with Gasteiger partial charge in [0.05, 0.1) is 13.2 Å². The minimum atomic E-state index is -0.348. The van der Waals surface area contributed by atoms with Gasteiger partial charge in [0.25, 0.3) is 0 Å². The minimum Gasteiger partial charge on any atom is -0.391 e. The van der Waals surface area contributed by atoms with E-state index in [0.717, 1.165) is 18.8 Å². The Bertz CT molecular complexity index is 499. The van der Waals surface area contributed by atoms with E-state index in [1.165, 1.54) is 10.9 Å². The molecule has 1 heterocycles. The zero-order valence-corrected chi connectivity index (χ0v) is 11.1. The Labute approximate surface area is 110 Å². The number of aliphatic hydroxyl groups is 1. The molecule has 2 aromatic rings. The van der Waals surface area contributed by atoms with E-state index in [0.29, 0.717) is 5.56 Å². The van der Waals surface area contributed by atoms with Crippen molar-refractivity contribution in [3.8, 4) is 0 Å². The zero-order valence-electron chi connectivity index (χ0n) is 10.3. The highest BCUT2D eigenvalue weighted by molar-refractivity contribution is 7.09. The van der Waals surface area contributed by atoms with Crippen LogP contribution in [0.4, 0.5) is 10.1 Å². The number of aliphatic hydroxyl groups excluding tert-OH is 1. The number of halogens is 1. The predicted octanol–water partition coefficient (Wildman–Crippen LogP) is 3.41. The number of rotatable bonds is 5. The van der Waals surface area contributed by atoms with Crippen LogP contribution in [0, 0.1) is 5.82 Å². The number of thiophene rings is 1. The van der Waals surface area contributed by atoms with Gasteiger partial charge < -0.3 is 10.0 Å². The third kappa shape index (κ3) is 2.71. The van der Waals surface area contributed by atoms with Crippen LogP contribution in [0.3, 0.4) is 0 Å². The molecule has 2 nitrogen and oxygen atoms in total. The van der Waals surface area contributed by atoms with Crippen molar-refractivity contribution in [3.63, 3.8) is 0 Å². The van der Waals surface area contributed by atoms with E-state index in [2.05, 4.69) is 11.0 Å². The van der Waals surface area contributed by atoms with E-state index in [1.54, 1.807) is 17.4 Å². The van der Waals surface area contributed by atoms with Crippen LogP contribution >= 0.6 is 11.3 Å². The van der Waals surface area contributed by atoms with Crippen molar-refractivity contribution in [3.05, 3.63) is 52.0 Å². The quantitative estimate of drug-likeness (QED) is 0.895. The molecule has 0 aliphatic carbocycles. The number of anilines is 1. The second-order valence-corrected chi connectivity index (χ2v) is 5.02. The Morgan fingerprint density at radius 3 is 2.72 bits per heavy atom. The highest BCUT2D eigenvalue weighted by atomic mass is 32.1. The van der Waals surface area contributed by atoms with Crippen LogP contribution in [0.25, 0.3) is 0 Å². The third-order valence-corrected chi connectivity index (χ3v) is 3.76. The first kappa shape index (κ1) is 13.1. The van der Waals surface area contributed by atoms with Gasteiger partial charge in [0, 0.05) is 22.7 Å². The van der Waals surface area contributed by atoms with Crippen molar-refractivity contribution in [2.45, 2.75) is 20.1 Å². The van der Waals surface area contributed by atoms with E-state index in [4.69, 9.17) is 0 Å². The number of hydrogen-bond acceptors (Lipinski definition) is 3. The van der Waals surface area contributed by atoms with Gasteiger partial charge in [0.1, 0.15) is 5.82 Å². The first-order valence-corrected chi connectivity index (χ1v) is 6.79. The fourth-order valence-corrected chi connectivity index (χ4v) is 2.68. The van der Waals surface area contributed by atoms with Crippen molar-refractivity contribution < 1.29 is 9.50 Å². The SMILES string of the molecule is CCN(Cc1cccs1)c1cccc(F)c1CO. The molecule has 0 aliphatic heterocycles. The molecule has 0 saturated heterocycles. The van der Waals surface area contributed by atoms with Crippen molar-refractivity contribution in [2.75, 3.05) is 11.4 Å².